The molecule has 0 aliphatic carbocycles. The van der Waals surface area contributed by atoms with Crippen LogP contribution in [-0.4, -0.2) is 20.1 Å². The average Bonchev–Trinajstić information content (AvgIpc) is 3.18. The van der Waals surface area contributed by atoms with Crippen molar-refractivity contribution in [2.75, 3.05) is 0 Å². The predicted octanol–water partition coefficient (Wildman–Crippen LogP) is 8.06. The SMILES string of the molecule is CCCCCCCCCCC(C)c1cc(C(C)(C)C)cc(-n2nc3ccccc3n2)c1O. The summed E-state index contributed by atoms with van der Waals surface area (Å²) in [6.07, 6.45) is 11.6. The molecule has 0 saturated carbocycles. The van der Waals surface area contributed by atoms with E-state index in [2.05, 4.69) is 50.9 Å². The zero-order valence-electron chi connectivity index (χ0n) is 20.7. The van der Waals surface area contributed by atoms with Crippen LogP contribution >= 0.6 is 0 Å². The monoisotopic (exact) mass is 435 g/mol. The summed E-state index contributed by atoms with van der Waals surface area (Å²) in [5.41, 5.74) is 4.53. The van der Waals surface area contributed by atoms with Gasteiger partial charge < -0.3 is 5.11 Å². The van der Waals surface area contributed by atoms with Crippen LogP contribution in [0.4, 0.5) is 0 Å². The second kappa shape index (κ2) is 11.0. The standard InChI is InChI=1S/C28H41N3O/c1-6-7-8-9-10-11-12-13-16-21(2)23-19-22(28(3,4)5)20-26(27(23)32)31-29-24-17-14-15-18-25(24)30-31/h14-15,17-21,32H,6-13,16H2,1-5H3. The maximum absolute atomic E-state index is 11.3. The van der Waals surface area contributed by atoms with Crippen molar-refractivity contribution in [2.45, 2.75) is 104 Å². The maximum Gasteiger partial charge on any atom is 0.146 e. The molecule has 0 saturated heterocycles. The largest absolute Gasteiger partial charge is 0.505 e. The fourth-order valence-electron chi connectivity index (χ4n) is 4.31. The van der Waals surface area contributed by atoms with Gasteiger partial charge in [0.05, 0.1) is 0 Å². The maximum atomic E-state index is 11.3. The fourth-order valence-corrected chi connectivity index (χ4v) is 4.31. The summed E-state index contributed by atoms with van der Waals surface area (Å²) < 4.78 is 0. The van der Waals surface area contributed by atoms with Gasteiger partial charge in [0.2, 0.25) is 0 Å². The lowest BCUT2D eigenvalue weighted by molar-refractivity contribution is 0.448. The first kappa shape index (κ1) is 24.3. The van der Waals surface area contributed by atoms with E-state index < -0.39 is 0 Å². The summed E-state index contributed by atoms with van der Waals surface area (Å²) in [7, 11) is 0. The number of aromatic hydroxyl groups is 1. The number of fused-ring (bicyclic) bond motifs is 1. The zero-order valence-corrected chi connectivity index (χ0v) is 20.7. The Morgan fingerprint density at radius 2 is 1.44 bits per heavy atom. The van der Waals surface area contributed by atoms with Gasteiger partial charge >= 0.3 is 0 Å². The molecule has 0 aliphatic rings. The van der Waals surface area contributed by atoms with E-state index in [-0.39, 0.29) is 5.41 Å². The summed E-state index contributed by atoms with van der Waals surface area (Å²) in [5, 5.41) is 20.5. The van der Waals surface area contributed by atoms with Gasteiger partial charge in [0.15, 0.2) is 0 Å². The second-order valence-corrected chi connectivity index (χ2v) is 10.3. The van der Waals surface area contributed by atoms with Gasteiger partial charge in [-0.3, -0.25) is 0 Å². The van der Waals surface area contributed by atoms with Crippen LogP contribution in [0.15, 0.2) is 36.4 Å². The third-order valence-electron chi connectivity index (χ3n) is 6.51. The minimum absolute atomic E-state index is 0.0258. The van der Waals surface area contributed by atoms with Gasteiger partial charge in [-0.05, 0) is 47.1 Å². The van der Waals surface area contributed by atoms with Gasteiger partial charge in [-0.15, -0.1) is 15.0 Å². The van der Waals surface area contributed by atoms with Crippen molar-refractivity contribution in [3.8, 4) is 11.4 Å². The molecule has 1 aromatic heterocycles. The Balaban J connectivity index is 1.77. The summed E-state index contributed by atoms with van der Waals surface area (Å²) in [6.45, 7) is 11.1. The molecule has 4 nitrogen and oxygen atoms in total. The topological polar surface area (TPSA) is 50.9 Å². The first-order valence-electron chi connectivity index (χ1n) is 12.5. The van der Waals surface area contributed by atoms with Gasteiger partial charge in [-0.1, -0.05) is 104 Å². The lowest BCUT2D eigenvalue weighted by Crippen LogP contribution is -2.14. The number of hydrogen-bond acceptors (Lipinski definition) is 3. The normalized spacial score (nSPS) is 13.0. The van der Waals surface area contributed by atoms with Crippen LogP contribution < -0.4 is 0 Å². The van der Waals surface area contributed by atoms with Crippen LogP contribution in [0.25, 0.3) is 16.7 Å². The highest BCUT2D eigenvalue weighted by Crippen LogP contribution is 2.38. The molecule has 1 unspecified atom stereocenters. The molecule has 0 radical (unpaired) electrons. The van der Waals surface area contributed by atoms with E-state index in [0.717, 1.165) is 23.0 Å². The van der Waals surface area contributed by atoms with Gasteiger partial charge in [-0.2, -0.15) is 0 Å². The summed E-state index contributed by atoms with van der Waals surface area (Å²) >= 11 is 0. The molecule has 3 rings (SSSR count). The summed E-state index contributed by atoms with van der Waals surface area (Å²) in [4.78, 5) is 1.60. The zero-order chi connectivity index (χ0) is 23.1. The van der Waals surface area contributed by atoms with E-state index in [0.29, 0.717) is 17.4 Å². The summed E-state index contributed by atoms with van der Waals surface area (Å²) in [5.74, 6) is 0.603. The Morgan fingerprint density at radius 1 is 0.875 bits per heavy atom. The van der Waals surface area contributed by atoms with Crippen LogP contribution in [0.5, 0.6) is 5.75 Å². The molecule has 1 N–H and O–H groups in total. The van der Waals surface area contributed by atoms with Gasteiger partial charge in [0.25, 0.3) is 0 Å². The van der Waals surface area contributed by atoms with Crippen LogP contribution in [0, 0.1) is 0 Å². The molecule has 0 aliphatic heterocycles. The number of hydrogen-bond donors (Lipinski definition) is 1. The van der Waals surface area contributed by atoms with Gasteiger partial charge in [0.1, 0.15) is 22.5 Å². The molecular formula is C28H41N3O. The van der Waals surface area contributed by atoms with E-state index in [4.69, 9.17) is 0 Å². The van der Waals surface area contributed by atoms with Crippen LogP contribution in [0.2, 0.25) is 0 Å². The molecule has 0 amide bonds. The first-order valence-corrected chi connectivity index (χ1v) is 12.5. The lowest BCUT2D eigenvalue weighted by Gasteiger charge is -2.24. The number of aromatic nitrogens is 3. The molecule has 1 heterocycles. The smallest absolute Gasteiger partial charge is 0.146 e. The molecule has 0 spiro atoms. The second-order valence-electron chi connectivity index (χ2n) is 10.3. The number of benzene rings is 2. The predicted molar refractivity (Wildman–Crippen MR) is 135 cm³/mol. The van der Waals surface area contributed by atoms with E-state index in [9.17, 15) is 5.11 Å². The van der Waals surface area contributed by atoms with Crippen LogP contribution in [-0.2, 0) is 5.41 Å². The van der Waals surface area contributed by atoms with Gasteiger partial charge in [0, 0.05) is 0 Å². The Kier molecular flexibility index (Phi) is 8.33. The molecule has 3 aromatic rings. The minimum Gasteiger partial charge on any atom is -0.505 e. The average molecular weight is 436 g/mol. The molecule has 32 heavy (non-hydrogen) atoms. The molecule has 0 fully saturated rings. The Morgan fingerprint density at radius 3 is 2.00 bits per heavy atom. The van der Waals surface area contributed by atoms with E-state index in [1.54, 1.807) is 4.80 Å². The van der Waals surface area contributed by atoms with Crippen molar-refractivity contribution in [3.63, 3.8) is 0 Å². The molecule has 1 atom stereocenters. The molecule has 4 heteroatoms. The highest BCUT2D eigenvalue weighted by molar-refractivity contribution is 5.73. The van der Waals surface area contributed by atoms with E-state index in [1.807, 2.05) is 30.3 Å². The van der Waals surface area contributed by atoms with Crippen molar-refractivity contribution in [2.24, 2.45) is 0 Å². The molecule has 0 bridgehead atoms. The first-order chi connectivity index (χ1) is 15.3. The third kappa shape index (κ3) is 6.11. The number of nitrogens with zero attached hydrogens (tertiary/aromatic N) is 3. The third-order valence-corrected chi connectivity index (χ3v) is 6.51. The fraction of sp³-hybridized carbons (Fsp3) is 0.571. The van der Waals surface area contributed by atoms with E-state index in [1.165, 1.54) is 56.9 Å². The number of phenolic OH excluding ortho intramolecular Hbond substituents is 1. The molecular weight excluding hydrogens is 394 g/mol. The highest BCUT2D eigenvalue weighted by atomic mass is 16.3. The summed E-state index contributed by atoms with van der Waals surface area (Å²) in [6, 6.07) is 12.1. The van der Waals surface area contributed by atoms with Crippen molar-refractivity contribution in [3.05, 3.63) is 47.5 Å². The Bertz CT molecular complexity index is 967. The Hall–Kier alpha value is -2.36. The lowest BCUT2D eigenvalue weighted by atomic mass is 9.83. The van der Waals surface area contributed by atoms with E-state index >= 15 is 0 Å². The van der Waals surface area contributed by atoms with Crippen molar-refractivity contribution in [1.82, 2.24) is 15.0 Å². The number of rotatable bonds is 11. The quantitative estimate of drug-likeness (QED) is 0.310. The molecule has 2 aromatic carbocycles. The highest BCUT2D eigenvalue weighted by Gasteiger charge is 2.23. The van der Waals surface area contributed by atoms with Crippen molar-refractivity contribution < 1.29 is 5.11 Å². The minimum atomic E-state index is -0.0258. The number of phenols is 1. The van der Waals surface area contributed by atoms with Crippen molar-refractivity contribution >= 4 is 11.0 Å². The Labute approximate surface area is 194 Å². The van der Waals surface area contributed by atoms with Crippen molar-refractivity contribution in [1.29, 1.82) is 0 Å². The molecule has 174 valence electrons. The number of unbranched alkanes of at least 4 members (excludes halogenated alkanes) is 7. The van der Waals surface area contributed by atoms with Crippen LogP contribution in [0.1, 0.15) is 109 Å². The van der Waals surface area contributed by atoms with Gasteiger partial charge in [-0.25, -0.2) is 0 Å². The van der Waals surface area contributed by atoms with Crippen LogP contribution in [0.3, 0.4) is 0 Å².